The fourth-order valence-electron chi connectivity index (χ4n) is 1.72. The van der Waals surface area contributed by atoms with Crippen molar-refractivity contribution in [3.05, 3.63) is 41.3 Å². The summed E-state index contributed by atoms with van der Waals surface area (Å²) in [7, 11) is 3.51. The van der Waals surface area contributed by atoms with Gasteiger partial charge in [-0.05, 0) is 18.6 Å². The molecular formula is C13H18N4O. The van der Waals surface area contributed by atoms with E-state index in [1.807, 2.05) is 32.3 Å². The third-order valence-electron chi connectivity index (χ3n) is 2.70. The van der Waals surface area contributed by atoms with Crippen LogP contribution in [0.25, 0.3) is 0 Å². The molecule has 0 radical (unpaired) electrons. The van der Waals surface area contributed by atoms with Crippen molar-refractivity contribution >= 4 is 0 Å². The Balaban J connectivity index is 1.86. The van der Waals surface area contributed by atoms with Crippen molar-refractivity contribution in [2.24, 2.45) is 7.05 Å². The summed E-state index contributed by atoms with van der Waals surface area (Å²) in [5.41, 5.74) is 3.17. The van der Waals surface area contributed by atoms with Crippen molar-refractivity contribution in [3.8, 4) is 5.88 Å². The van der Waals surface area contributed by atoms with Crippen LogP contribution in [0.4, 0.5) is 0 Å². The Morgan fingerprint density at radius 1 is 1.33 bits per heavy atom. The van der Waals surface area contributed by atoms with Crippen molar-refractivity contribution < 1.29 is 4.74 Å². The second-order valence-electron chi connectivity index (χ2n) is 4.21. The van der Waals surface area contributed by atoms with Crippen molar-refractivity contribution in [1.82, 2.24) is 20.1 Å². The topological polar surface area (TPSA) is 52.0 Å². The van der Waals surface area contributed by atoms with E-state index in [2.05, 4.69) is 21.5 Å². The molecule has 5 nitrogen and oxygen atoms in total. The summed E-state index contributed by atoms with van der Waals surface area (Å²) in [6, 6.07) is 6.02. The van der Waals surface area contributed by atoms with Crippen LogP contribution < -0.4 is 10.1 Å². The molecule has 0 fully saturated rings. The summed E-state index contributed by atoms with van der Waals surface area (Å²) in [6.07, 6.45) is 1.89. The molecule has 0 aliphatic carbocycles. The predicted molar refractivity (Wildman–Crippen MR) is 69.3 cm³/mol. The molecule has 18 heavy (non-hydrogen) atoms. The lowest BCUT2D eigenvalue weighted by molar-refractivity contribution is 0.373. The molecule has 0 amide bonds. The molecule has 0 aromatic carbocycles. The Bertz CT molecular complexity index is 504. The molecule has 0 saturated heterocycles. The molecule has 5 heteroatoms. The number of hydrogen-bond donors (Lipinski definition) is 1. The molecule has 0 atom stereocenters. The number of nitrogens with zero attached hydrogens (tertiary/aromatic N) is 3. The van der Waals surface area contributed by atoms with Crippen molar-refractivity contribution in [3.63, 3.8) is 0 Å². The fourth-order valence-corrected chi connectivity index (χ4v) is 1.72. The van der Waals surface area contributed by atoms with Gasteiger partial charge in [-0.2, -0.15) is 5.10 Å². The minimum absolute atomic E-state index is 0.713. The summed E-state index contributed by atoms with van der Waals surface area (Å²) in [5.74, 6) is 0.767. The molecule has 0 unspecified atom stereocenters. The highest BCUT2D eigenvalue weighted by Crippen LogP contribution is 2.10. The van der Waals surface area contributed by atoms with Crippen LogP contribution >= 0.6 is 0 Å². The van der Waals surface area contributed by atoms with E-state index in [0.717, 1.165) is 23.8 Å². The number of aromatic nitrogens is 3. The zero-order chi connectivity index (χ0) is 13.0. The minimum Gasteiger partial charge on any atom is -0.481 e. The summed E-state index contributed by atoms with van der Waals surface area (Å²) >= 11 is 0. The van der Waals surface area contributed by atoms with Gasteiger partial charge in [-0.25, -0.2) is 4.68 Å². The fraction of sp³-hybridized carbons (Fsp3) is 0.385. The molecule has 0 aliphatic heterocycles. The Hall–Kier alpha value is -1.88. The highest BCUT2D eigenvalue weighted by molar-refractivity contribution is 5.16. The van der Waals surface area contributed by atoms with E-state index in [1.54, 1.807) is 11.8 Å². The van der Waals surface area contributed by atoms with Gasteiger partial charge in [0.2, 0.25) is 5.88 Å². The number of methoxy groups -OCH3 is 1. The van der Waals surface area contributed by atoms with Crippen LogP contribution in [-0.4, -0.2) is 21.9 Å². The quantitative estimate of drug-likeness (QED) is 0.867. The molecule has 0 spiro atoms. The van der Waals surface area contributed by atoms with E-state index in [9.17, 15) is 0 Å². The van der Waals surface area contributed by atoms with Gasteiger partial charge in [-0.15, -0.1) is 0 Å². The number of aryl methyl sites for hydroxylation is 2. The smallest absolute Gasteiger partial charge is 0.211 e. The zero-order valence-corrected chi connectivity index (χ0v) is 11.0. The third kappa shape index (κ3) is 3.07. The van der Waals surface area contributed by atoms with Crippen LogP contribution in [0.3, 0.4) is 0 Å². The summed E-state index contributed by atoms with van der Waals surface area (Å²) in [6.45, 7) is 3.48. The summed E-state index contributed by atoms with van der Waals surface area (Å²) < 4.78 is 6.89. The van der Waals surface area contributed by atoms with Crippen molar-refractivity contribution in [2.75, 3.05) is 7.11 Å². The molecule has 2 rings (SSSR count). The monoisotopic (exact) mass is 246 g/mol. The third-order valence-corrected chi connectivity index (χ3v) is 2.70. The number of ether oxygens (including phenoxy) is 1. The van der Waals surface area contributed by atoms with E-state index >= 15 is 0 Å². The summed E-state index contributed by atoms with van der Waals surface area (Å²) in [4.78, 5) is 4.26. The van der Waals surface area contributed by atoms with E-state index in [-0.39, 0.29) is 0 Å². The molecule has 96 valence electrons. The van der Waals surface area contributed by atoms with Crippen LogP contribution in [0, 0.1) is 6.92 Å². The maximum atomic E-state index is 5.17. The SMILES string of the molecule is COc1cc(CNCc2ccc(C)nc2)nn1C. The van der Waals surface area contributed by atoms with Gasteiger partial charge in [0.1, 0.15) is 0 Å². The van der Waals surface area contributed by atoms with Gasteiger partial charge >= 0.3 is 0 Å². The number of hydrogen-bond acceptors (Lipinski definition) is 4. The first kappa shape index (κ1) is 12.6. The van der Waals surface area contributed by atoms with Gasteiger partial charge in [0, 0.05) is 38.1 Å². The largest absolute Gasteiger partial charge is 0.481 e. The lowest BCUT2D eigenvalue weighted by Crippen LogP contribution is -2.13. The maximum absolute atomic E-state index is 5.17. The van der Waals surface area contributed by atoms with Gasteiger partial charge in [-0.1, -0.05) is 6.07 Å². The van der Waals surface area contributed by atoms with E-state index in [4.69, 9.17) is 4.74 Å². The van der Waals surface area contributed by atoms with Gasteiger partial charge in [0.05, 0.1) is 12.8 Å². The van der Waals surface area contributed by atoms with E-state index in [1.165, 1.54) is 5.56 Å². The molecular weight excluding hydrogens is 228 g/mol. The first-order valence-corrected chi connectivity index (χ1v) is 5.88. The Morgan fingerprint density at radius 2 is 2.17 bits per heavy atom. The van der Waals surface area contributed by atoms with Gasteiger partial charge in [-0.3, -0.25) is 4.98 Å². The standard InChI is InChI=1S/C13H18N4O/c1-10-4-5-11(8-15-10)7-14-9-12-6-13(18-3)17(2)16-12/h4-6,8,14H,7,9H2,1-3H3. The predicted octanol–water partition coefficient (Wildman–Crippen LogP) is 1.42. The molecule has 2 aromatic rings. The average molecular weight is 246 g/mol. The first-order valence-electron chi connectivity index (χ1n) is 5.88. The average Bonchev–Trinajstić information content (AvgIpc) is 2.72. The molecule has 0 saturated carbocycles. The molecule has 2 heterocycles. The van der Waals surface area contributed by atoms with Gasteiger partial charge < -0.3 is 10.1 Å². The van der Waals surface area contributed by atoms with Crippen LogP contribution in [0.15, 0.2) is 24.4 Å². The van der Waals surface area contributed by atoms with Crippen LogP contribution in [-0.2, 0) is 20.1 Å². The van der Waals surface area contributed by atoms with Gasteiger partial charge in [0.15, 0.2) is 0 Å². The van der Waals surface area contributed by atoms with E-state index < -0.39 is 0 Å². The Kier molecular flexibility index (Phi) is 3.94. The minimum atomic E-state index is 0.713. The lowest BCUT2D eigenvalue weighted by Gasteiger charge is -2.02. The molecule has 2 aromatic heterocycles. The normalized spacial score (nSPS) is 10.6. The zero-order valence-electron chi connectivity index (χ0n) is 11.0. The van der Waals surface area contributed by atoms with Gasteiger partial charge in [0.25, 0.3) is 0 Å². The van der Waals surface area contributed by atoms with Crippen LogP contribution in [0.5, 0.6) is 5.88 Å². The molecule has 0 aliphatic rings. The number of pyridine rings is 1. The first-order chi connectivity index (χ1) is 8.69. The number of rotatable bonds is 5. The van der Waals surface area contributed by atoms with Crippen LogP contribution in [0.1, 0.15) is 17.0 Å². The molecule has 0 bridgehead atoms. The second-order valence-corrected chi connectivity index (χ2v) is 4.21. The Labute approximate surface area is 107 Å². The maximum Gasteiger partial charge on any atom is 0.211 e. The summed E-state index contributed by atoms with van der Waals surface area (Å²) in [5, 5.41) is 7.67. The molecule has 1 N–H and O–H groups in total. The lowest BCUT2D eigenvalue weighted by atomic mass is 10.2. The second kappa shape index (κ2) is 5.64. The van der Waals surface area contributed by atoms with E-state index in [0.29, 0.717) is 6.54 Å². The van der Waals surface area contributed by atoms with Crippen LogP contribution in [0.2, 0.25) is 0 Å². The van der Waals surface area contributed by atoms with Crippen molar-refractivity contribution in [1.29, 1.82) is 0 Å². The highest BCUT2D eigenvalue weighted by Gasteiger charge is 2.04. The number of nitrogens with one attached hydrogen (secondary N) is 1. The Morgan fingerprint density at radius 3 is 2.78 bits per heavy atom. The highest BCUT2D eigenvalue weighted by atomic mass is 16.5. The van der Waals surface area contributed by atoms with Crippen molar-refractivity contribution in [2.45, 2.75) is 20.0 Å².